The molecule has 6 nitrogen and oxygen atoms in total. The van der Waals surface area contributed by atoms with Crippen LogP contribution in [0.2, 0.25) is 0 Å². The molecule has 0 saturated heterocycles. The zero-order valence-corrected chi connectivity index (χ0v) is 15.1. The number of anilines is 3. The Morgan fingerprint density at radius 3 is 2.36 bits per heavy atom. The maximum Gasteiger partial charge on any atom is 0.253 e. The molecule has 2 N–H and O–H groups in total. The average molecular weight is 370 g/mol. The molecule has 0 aliphatic carbocycles. The summed E-state index contributed by atoms with van der Waals surface area (Å²) in [7, 11) is 0. The quantitative estimate of drug-likeness (QED) is 0.486. The highest BCUT2D eigenvalue weighted by Gasteiger charge is 2.20. The van der Waals surface area contributed by atoms with Crippen molar-refractivity contribution in [2.75, 3.05) is 17.2 Å². The van der Waals surface area contributed by atoms with Crippen LogP contribution in [0.25, 0.3) is 11.1 Å². The Bertz CT molecular complexity index is 1150. The zero-order valence-electron chi connectivity index (χ0n) is 15.1. The molecule has 6 heteroatoms. The van der Waals surface area contributed by atoms with Crippen LogP contribution in [0, 0.1) is 0 Å². The second-order valence-electron chi connectivity index (χ2n) is 6.39. The molecule has 0 fully saturated rings. The Morgan fingerprint density at radius 1 is 0.786 bits per heavy atom. The first-order valence-electron chi connectivity index (χ1n) is 8.96. The molecule has 2 heterocycles. The number of nitrogens with one attached hydrogen (secondary N) is 2. The third kappa shape index (κ3) is 3.66. The van der Waals surface area contributed by atoms with Gasteiger partial charge in [0.05, 0.1) is 0 Å². The van der Waals surface area contributed by atoms with Crippen LogP contribution < -0.4 is 21.5 Å². The van der Waals surface area contributed by atoms with Crippen molar-refractivity contribution in [3.8, 4) is 11.1 Å². The van der Waals surface area contributed by atoms with Crippen molar-refractivity contribution in [3.63, 3.8) is 0 Å². The Hall–Kier alpha value is -3.80. The molecule has 0 aliphatic rings. The highest BCUT2D eigenvalue weighted by molar-refractivity contribution is 5.78. The van der Waals surface area contributed by atoms with Gasteiger partial charge in [-0.25, -0.2) is 0 Å². The van der Waals surface area contributed by atoms with Gasteiger partial charge in [0.1, 0.15) is 11.4 Å². The van der Waals surface area contributed by atoms with Crippen LogP contribution in [0.15, 0.2) is 82.9 Å². The average Bonchev–Trinajstić information content (AvgIpc) is 2.77. The van der Waals surface area contributed by atoms with Crippen LogP contribution in [-0.2, 0) is 6.42 Å². The van der Waals surface area contributed by atoms with E-state index in [2.05, 4.69) is 26.7 Å². The molecule has 138 valence electrons. The standard InChI is InChI=1S/C22H18N4O2/c27-21-19(20(22(21)28)26-18-7-10-23-11-8-18)25-12-6-15-3-1-4-16(13-15)17-5-2-9-24-14-17/h1-5,7-11,13-14,25H,6,12H2,(H,23,26). The third-order valence-corrected chi connectivity index (χ3v) is 4.50. The van der Waals surface area contributed by atoms with Gasteiger partial charge in [-0.3, -0.25) is 19.6 Å². The van der Waals surface area contributed by atoms with E-state index in [0.717, 1.165) is 23.1 Å². The zero-order chi connectivity index (χ0) is 19.3. The maximum absolute atomic E-state index is 11.9. The molecule has 0 radical (unpaired) electrons. The van der Waals surface area contributed by atoms with Gasteiger partial charge >= 0.3 is 0 Å². The van der Waals surface area contributed by atoms with Crippen molar-refractivity contribution in [2.24, 2.45) is 0 Å². The molecule has 0 aliphatic heterocycles. The normalized spacial score (nSPS) is 10.7. The molecule has 0 spiro atoms. The number of pyridine rings is 2. The van der Waals surface area contributed by atoms with Gasteiger partial charge in [-0.05, 0) is 41.3 Å². The molecule has 4 rings (SSSR count). The van der Waals surface area contributed by atoms with Crippen molar-refractivity contribution in [2.45, 2.75) is 6.42 Å². The van der Waals surface area contributed by atoms with E-state index in [1.54, 1.807) is 30.7 Å². The number of aromatic nitrogens is 2. The summed E-state index contributed by atoms with van der Waals surface area (Å²) in [5, 5.41) is 6.08. The lowest BCUT2D eigenvalue weighted by atomic mass is 10.0. The topological polar surface area (TPSA) is 84.0 Å². The highest BCUT2D eigenvalue weighted by Crippen LogP contribution is 2.21. The van der Waals surface area contributed by atoms with Gasteiger partial charge in [0.15, 0.2) is 0 Å². The van der Waals surface area contributed by atoms with Crippen LogP contribution in [0.4, 0.5) is 17.1 Å². The van der Waals surface area contributed by atoms with Crippen LogP contribution in [0.5, 0.6) is 0 Å². The van der Waals surface area contributed by atoms with Crippen LogP contribution in [0.3, 0.4) is 0 Å². The Kier molecular flexibility index (Phi) is 4.93. The van der Waals surface area contributed by atoms with E-state index in [4.69, 9.17) is 0 Å². The molecule has 0 atom stereocenters. The predicted molar refractivity (Wildman–Crippen MR) is 111 cm³/mol. The Labute approximate surface area is 161 Å². The van der Waals surface area contributed by atoms with E-state index < -0.39 is 10.9 Å². The second-order valence-corrected chi connectivity index (χ2v) is 6.39. The minimum Gasteiger partial charge on any atom is -0.380 e. The first kappa shape index (κ1) is 17.6. The van der Waals surface area contributed by atoms with Gasteiger partial charge < -0.3 is 10.6 Å². The van der Waals surface area contributed by atoms with Gasteiger partial charge in [0, 0.05) is 37.0 Å². The number of hydrogen-bond acceptors (Lipinski definition) is 6. The van der Waals surface area contributed by atoms with Gasteiger partial charge in [0.25, 0.3) is 10.9 Å². The molecule has 0 amide bonds. The lowest BCUT2D eigenvalue weighted by molar-refractivity contribution is 1.01. The van der Waals surface area contributed by atoms with E-state index in [1.807, 2.05) is 36.5 Å². The molecule has 28 heavy (non-hydrogen) atoms. The number of benzene rings is 1. The fraction of sp³-hybridized carbons (Fsp3) is 0.0909. The molecule has 2 aromatic heterocycles. The van der Waals surface area contributed by atoms with Gasteiger partial charge in [0.2, 0.25) is 0 Å². The van der Waals surface area contributed by atoms with Crippen molar-refractivity contribution >= 4 is 17.1 Å². The molecule has 0 saturated carbocycles. The van der Waals surface area contributed by atoms with Crippen molar-refractivity contribution in [3.05, 3.63) is 99.3 Å². The van der Waals surface area contributed by atoms with Gasteiger partial charge in [-0.1, -0.05) is 30.3 Å². The Morgan fingerprint density at radius 2 is 1.57 bits per heavy atom. The monoisotopic (exact) mass is 370 g/mol. The van der Waals surface area contributed by atoms with Crippen LogP contribution >= 0.6 is 0 Å². The van der Waals surface area contributed by atoms with E-state index >= 15 is 0 Å². The SMILES string of the molecule is O=c1c(NCCc2cccc(-c3cccnc3)c2)c(Nc2ccncc2)c1=O. The third-order valence-electron chi connectivity index (χ3n) is 4.50. The summed E-state index contributed by atoms with van der Waals surface area (Å²) in [6.45, 7) is 0.548. The molecular weight excluding hydrogens is 352 g/mol. The summed E-state index contributed by atoms with van der Waals surface area (Å²) < 4.78 is 0. The predicted octanol–water partition coefficient (Wildman–Crippen LogP) is 3.14. The minimum atomic E-state index is -0.502. The molecule has 2 aromatic carbocycles. The summed E-state index contributed by atoms with van der Waals surface area (Å²) >= 11 is 0. The van der Waals surface area contributed by atoms with Crippen LogP contribution in [0.1, 0.15) is 5.56 Å². The maximum atomic E-state index is 11.9. The summed E-state index contributed by atoms with van der Waals surface area (Å²) in [6, 6.07) is 15.6. The summed E-state index contributed by atoms with van der Waals surface area (Å²) in [5.41, 5.74) is 3.66. The first-order valence-corrected chi connectivity index (χ1v) is 8.96. The van der Waals surface area contributed by atoms with E-state index in [9.17, 15) is 9.59 Å². The smallest absolute Gasteiger partial charge is 0.253 e. The molecular formula is C22H18N4O2. The van der Waals surface area contributed by atoms with Crippen LogP contribution in [-0.4, -0.2) is 16.5 Å². The number of hydrogen-bond donors (Lipinski definition) is 2. The lowest BCUT2D eigenvalue weighted by Crippen LogP contribution is -2.37. The van der Waals surface area contributed by atoms with Crippen molar-refractivity contribution < 1.29 is 0 Å². The molecule has 0 unspecified atom stereocenters. The van der Waals surface area contributed by atoms with E-state index in [0.29, 0.717) is 23.6 Å². The second kappa shape index (κ2) is 7.84. The van der Waals surface area contributed by atoms with E-state index in [1.165, 1.54) is 0 Å². The van der Waals surface area contributed by atoms with Crippen molar-refractivity contribution in [1.82, 2.24) is 9.97 Å². The summed E-state index contributed by atoms with van der Waals surface area (Å²) in [6.07, 6.45) is 7.55. The van der Waals surface area contributed by atoms with Gasteiger partial charge in [-0.15, -0.1) is 0 Å². The highest BCUT2D eigenvalue weighted by atomic mass is 16.2. The largest absolute Gasteiger partial charge is 0.380 e. The van der Waals surface area contributed by atoms with Gasteiger partial charge in [-0.2, -0.15) is 0 Å². The number of nitrogens with zero attached hydrogens (tertiary/aromatic N) is 2. The molecule has 4 aromatic rings. The fourth-order valence-electron chi connectivity index (χ4n) is 3.03. The fourth-order valence-corrected chi connectivity index (χ4v) is 3.03. The van der Waals surface area contributed by atoms with Crippen molar-refractivity contribution in [1.29, 1.82) is 0 Å². The van der Waals surface area contributed by atoms with E-state index in [-0.39, 0.29) is 0 Å². The summed E-state index contributed by atoms with van der Waals surface area (Å²) in [5.74, 6) is 0. The first-order chi connectivity index (χ1) is 13.7. The lowest BCUT2D eigenvalue weighted by Gasteiger charge is -2.15. The summed E-state index contributed by atoms with van der Waals surface area (Å²) in [4.78, 5) is 31.9. The Balaban J connectivity index is 1.42. The number of rotatable bonds is 7. The minimum absolute atomic E-state index is 0.306. The molecule has 0 bridgehead atoms.